The molecule has 0 saturated heterocycles. The Labute approximate surface area is 152 Å². The van der Waals surface area contributed by atoms with Gasteiger partial charge in [0.2, 0.25) is 0 Å². The van der Waals surface area contributed by atoms with E-state index in [1.54, 1.807) is 24.4 Å². The summed E-state index contributed by atoms with van der Waals surface area (Å²) in [5, 5.41) is 15.5. The van der Waals surface area contributed by atoms with Crippen LogP contribution in [0.25, 0.3) is 10.9 Å². The molecule has 1 unspecified atom stereocenters. The number of likely N-dealkylation sites (N-methyl/N-ethyl adjacent to an activating group) is 1. The van der Waals surface area contributed by atoms with Crippen molar-refractivity contribution in [1.29, 1.82) is 0 Å². The van der Waals surface area contributed by atoms with Crippen LogP contribution >= 0.6 is 0 Å². The molecule has 0 amide bonds. The molecular weight excluding hydrogens is 328 g/mol. The van der Waals surface area contributed by atoms with Crippen molar-refractivity contribution in [2.75, 3.05) is 26.0 Å². The molecule has 1 N–H and O–H groups in total. The summed E-state index contributed by atoms with van der Waals surface area (Å²) in [6, 6.07) is 17.5. The zero-order valence-corrected chi connectivity index (χ0v) is 14.9. The number of rotatable bonds is 7. The van der Waals surface area contributed by atoms with Gasteiger partial charge in [-0.25, -0.2) is 0 Å². The Bertz CT molecular complexity index is 897. The van der Waals surface area contributed by atoms with E-state index in [-0.39, 0.29) is 16.7 Å². The number of nitrogens with zero attached hydrogens (tertiary/aromatic N) is 3. The quantitative estimate of drug-likeness (QED) is 0.519. The molecule has 1 atom stereocenters. The predicted octanol–water partition coefficient (Wildman–Crippen LogP) is 3.73. The molecule has 134 valence electrons. The molecule has 2 aromatic carbocycles. The third-order valence-corrected chi connectivity index (χ3v) is 4.51. The van der Waals surface area contributed by atoms with Crippen LogP contribution in [0.4, 0.5) is 11.4 Å². The van der Waals surface area contributed by atoms with Crippen LogP contribution in [-0.2, 0) is 6.42 Å². The number of hydrogen-bond donors (Lipinski definition) is 1. The molecule has 0 fully saturated rings. The van der Waals surface area contributed by atoms with Crippen LogP contribution in [0, 0.1) is 10.1 Å². The van der Waals surface area contributed by atoms with Crippen molar-refractivity contribution >= 4 is 22.3 Å². The maximum atomic E-state index is 11.6. The highest BCUT2D eigenvalue weighted by Gasteiger charge is 2.20. The van der Waals surface area contributed by atoms with Crippen LogP contribution < -0.4 is 5.32 Å². The normalized spacial score (nSPS) is 12.3. The molecule has 0 spiro atoms. The first-order chi connectivity index (χ1) is 12.6. The number of nitro benzene ring substituents is 1. The summed E-state index contributed by atoms with van der Waals surface area (Å²) in [6.45, 7) is 0.606. The van der Waals surface area contributed by atoms with Gasteiger partial charge >= 0.3 is 5.69 Å². The Morgan fingerprint density at radius 2 is 1.88 bits per heavy atom. The molecule has 3 aromatic rings. The maximum Gasteiger partial charge on any atom is 0.301 e. The first kappa shape index (κ1) is 17.8. The lowest BCUT2D eigenvalue weighted by Gasteiger charge is -2.25. The van der Waals surface area contributed by atoms with Gasteiger partial charge in [0.1, 0.15) is 5.69 Å². The van der Waals surface area contributed by atoms with Gasteiger partial charge in [-0.1, -0.05) is 30.3 Å². The second-order valence-corrected chi connectivity index (χ2v) is 6.48. The number of hydrogen-bond acceptors (Lipinski definition) is 5. The molecular formula is C20H22N4O2. The lowest BCUT2D eigenvalue weighted by atomic mass is 10.0. The molecule has 6 nitrogen and oxygen atoms in total. The van der Waals surface area contributed by atoms with Crippen molar-refractivity contribution in [1.82, 2.24) is 9.88 Å². The van der Waals surface area contributed by atoms with E-state index in [4.69, 9.17) is 0 Å². The molecule has 0 aliphatic carbocycles. The minimum absolute atomic E-state index is 0.0767. The van der Waals surface area contributed by atoms with Crippen molar-refractivity contribution in [3.05, 3.63) is 76.5 Å². The molecule has 0 aliphatic heterocycles. The highest BCUT2D eigenvalue weighted by atomic mass is 16.6. The van der Waals surface area contributed by atoms with E-state index >= 15 is 0 Å². The molecule has 0 aliphatic rings. The first-order valence-electron chi connectivity index (χ1n) is 8.52. The molecule has 0 saturated carbocycles. The van der Waals surface area contributed by atoms with Gasteiger partial charge in [-0.2, -0.15) is 0 Å². The largest absolute Gasteiger partial charge is 0.378 e. The van der Waals surface area contributed by atoms with Crippen LogP contribution in [0.1, 0.15) is 5.56 Å². The smallest absolute Gasteiger partial charge is 0.301 e. The molecule has 6 heteroatoms. The fourth-order valence-electron chi connectivity index (χ4n) is 3.03. The second-order valence-electron chi connectivity index (χ2n) is 6.48. The van der Waals surface area contributed by atoms with Crippen molar-refractivity contribution in [2.45, 2.75) is 12.5 Å². The van der Waals surface area contributed by atoms with Gasteiger partial charge in [0.15, 0.2) is 0 Å². The van der Waals surface area contributed by atoms with Crippen molar-refractivity contribution < 1.29 is 4.92 Å². The highest BCUT2D eigenvalue weighted by molar-refractivity contribution is 5.94. The van der Waals surface area contributed by atoms with E-state index in [0.717, 1.165) is 6.42 Å². The number of pyridine rings is 1. The van der Waals surface area contributed by atoms with Gasteiger partial charge in [-0.15, -0.1) is 0 Å². The number of fused-ring (bicyclic) bond motifs is 1. The van der Waals surface area contributed by atoms with Crippen LogP contribution in [-0.4, -0.2) is 41.5 Å². The van der Waals surface area contributed by atoms with Crippen molar-refractivity contribution in [3.8, 4) is 0 Å². The third kappa shape index (κ3) is 3.97. The average Bonchev–Trinajstić information content (AvgIpc) is 2.65. The second kappa shape index (κ2) is 7.93. The number of aromatic nitrogens is 1. The summed E-state index contributed by atoms with van der Waals surface area (Å²) in [6.07, 6.45) is 2.50. The topological polar surface area (TPSA) is 71.3 Å². The monoisotopic (exact) mass is 350 g/mol. The van der Waals surface area contributed by atoms with Gasteiger partial charge < -0.3 is 10.2 Å². The summed E-state index contributed by atoms with van der Waals surface area (Å²) in [5.74, 6) is 0. The van der Waals surface area contributed by atoms with Gasteiger partial charge in [0, 0.05) is 18.8 Å². The molecule has 0 bridgehead atoms. The Morgan fingerprint density at radius 1 is 1.12 bits per heavy atom. The Morgan fingerprint density at radius 3 is 2.58 bits per heavy atom. The minimum atomic E-state index is -0.339. The number of nitrogens with one attached hydrogen (secondary N) is 1. The fourth-order valence-corrected chi connectivity index (χ4v) is 3.03. The molecule has 1 aromatic heterocycles. The first-order valence-corrected chi connectivity index (χ1v) is 8.52. The number of benzene rings is 2. The number of anilines is 1. The van der Waals surface area contributed by atoms with E-state index in [0.29, 0.717) is 23.1 Å². The van der Waals surface area contributed by atoms with Crippen molar-refractivity contribution in [2.24, 2.45) is 0 Å². The summed E-state index contributed by atoms with van der Waals surface area (Å²) in [4.78, 5) is 17.6. The number of nitro groups is 1. The third-order valence-electron chi connectivity index (χ3n) is 4.51. The van der Waals surface area contributed by atoms with Gasteiger partial charge in [-0.3, -0.25) is 15.1 Å². The molecule has 0 radical (unpaired) electrons. The highest BCUT2D eigenvalue weighted by Crippen LogP contribution is 2.32. The zero-order chi connectivity index (χ0) is 18.5. The van der Waals surface area contributed by atoms with E-state index < -0.39 is 0 Å². The minimum Gasteiger partial charge on any atom is -0.378 e. The summed E-state index contributed by atoms with van der Waals surface area (Å²) in [5.41, 5.74) is 2.46. The molecule has 3 rings (SSSR count). The maximum absolute atomic E-state index is 11.6. The summed E-state index contributed by atoms with van der Waals surface area (Å²) >= 11 is 0. The Hall–Kier alpha value is -2.99. The average molecular weight is 350 g/mol. The van der Waals surface area contributed by atoms with Crippen LogP contribution in [0.5, 0.6) is 0 Å². The Balaban J connectivity index is 1.83. The van der Waals surface area contributed by atoms with Crippen molar-refractivity contribution in [3.63, 3.8) is 0 Å². The molecule has 1 heterocycles. The van der Waals surface area contributed by atoms with E-state index in [1.165, 1.54) is 5.56 Å². The van der Waals surface area contributed by atoms with Crippen LogP contribution in [0.2, 0.25) is 0 Å². The van der Waals surface area contributed by atoms with E-state index in [9.17, 15) is 10.1 Å². The van der Waals surface area contributed by atoms with Gasteiger partial charge in [0.05, 0.1) is 15.8 Å². The SMILES string of the molecule is CN(C)C(CNc1ccc2ncccc2c1[N+](=O)[O-])Cc1ccccc1. The van der Waals surface area contributed by atoms with Gasteiger partial charge in [0.25, 0.3) is 0 Å². The standard InChI is InChI=1S/C20H22N4O2/c1-23(2)16(13-15-7-4-3-5-8-15)14-22-19-11-10-18-17(9-6-12-21-18)20(19)24(25)26/h3-12,16,22H,13-14H2,1-2H3. The van der Waals surface area contributed by atoms with E-state index in [2.05, 4.69) is 27.3 Å². The lowest BCUT2D eigenvalue weighted by Crippen LogP contribution is -2.36. The summed E-state index contributed by atoms with van der Waals surface area (Å²) in [7, 11) is 4.04. The lowest BCUT2D eigenvalue weighted by molar-refractivity contribution is -0.382. The summed E-state index contributed by atoms with van der Waals surface area (Å²) < 4.78 is 0. The fraction of sp³-hybridized carbons (Fsp3) is 0.250. The van der Waals surface area contributed by atoms with Crippen LogP contribution in [0.3, 0.4) is 0 Å². The van der Waals surface area contributed by atoms with Crippen LogP contribution in [0.15, 0.2) is 60.8 Å². The van der Waals surface area contributed by atoms with E-state index in [1.807, 2.05) is 38.4 Å². The van der Waals surface area contributed by atoms with Gasteiger partial charge in [-0.05, 0) is 50.3 Å². The predicted molar refractivity (Wildman–Crippen MR) is 105 cm³/mol. The zero-order valence-electron chi connectivity index (χ0n) is 14.9. The Kier molecular flexibility index (Phi) is 5.43. The molecule has 26 heavy (non-hydrogen) atoms.